The van der Waals surface area contributed by atoms with Gasteiger partial charge < -0.3 is 4.74 Å². The number of halogens is 2. The summed E-state index contributed by atoms with van der Waals surface area (Å²) in [6, 6.07) is 3.18. The topological polar surface area (TPSA) is 26.3 Å². The lowest BCUT2D eigenvalue weighted by Gasteiger charge is -2.22. The molecule has 0 spiro atoms. The summed E-state index contributed by atoms with van der Waals surface area (Å²) >= 11 is 11.9. The molecule has 0 saturated heterocycles. The van der Waals surface area contributed by atoms with E-state index in [0.29, 0.717) is 33.9 Å². The van der Waals surface area contributed by atoms with Gasteiger partial charge in [0.1, 0.15) is 5.75 Å². The maximum absolute atomic E-state index is 11.0. The van der Waals surface area contributed by atoms with Crippen LogP contribution in [0, 0.1) is 5.92 Å². The molecule has 1 saturated carbocycles. The number of carbonyl (C=O) groups excluding carboxylic acids is 1. The number of rotatable bonds is 4. The summed E-state index contributed by atoms with van der Waals surface area (Å²) in [6.07, 6.45) is 6.97. The number of hydrogen-bond donors (Lipinski definition) is 0. The Morgan fingerprint density at radius 1 is 1.22 bits per heavy atom. The highest BCUT2D eigenvalue weighted by molar-refractivity contribution is 6.36. The zero-order valence-corrected chi connectivity index (χ0v) is 11.6. The molecule has 0 bridgehead atoms. The molecule has 0 aromatic heterocycles. The summed E-state index contributed by atoms with van der Waals surface area (Å²) in [5, 5.41) is 0.854. The highest BCUT2D eigenvalue weighted by Gasteiger charge is 2.16. The van der Waals surface area contributed by atoms with Gasteiger partial charge >= 0.3 is 0 Å². The third-order valence-corrected chi connectivity index (χ3v) is 3.85. The monoisotopic (exact) mass is 286 g/mol. The number of benzene rings is 1. The third-order valence-electron chi connectivity index (χ3n) is 3.35. The molecule has 1 aliphatic rings. The van der Waals surface area contributed by atoms with E-state index < -0.39 is 0 Å². The normalized spacial score (nSPS) is 16.6. The molecular weight excluding hydrogens is 271 g/mol. The lowest BCUT2D eigenvalue weighted by molar-refractivity contribution is 0.111. The van der Waals surface area contributed by atoms with Crippen molar-refractivity contribution in [3.05, 3.63) is 27.7 Å². The van der Waals surface area contributed by atoms with Crippen LogP contribution in [0.5, 0.6) is 5.75 Å². The van der Waals surface area contributed by atoms with E-state index in [1.165, 1.54) is 32.1 Å². The second kappa shape index (κ2) is 6.44. The first kappa shape index (κ1) is 13.7. The predicted molar refractivity (Wildman–Crippen MR) is 73.9 cm³/mol. The van der Waals surface area contributed by atoms with Crippen molar-refractivity contribution in [2.75, 3.05) is 6.61 Å². The molecule has 98 valence electrons. The molecule has 0 radical (unpaired) electrons. The van der Waals surface area contributed by atoms with Gasteiger partial charge in [-0.15, -0.1) is 0 Å². The van der Waals surface area contributed by atoms with Gasteiger partial charge in [-0.2, -0.15) is 0 Å². The average Bonchev–Trinajstić information content (AvgIpc) is 2.38. The summed E-state index contributed by atoms with van der Waals surface area (Å²) < 4.78 is 5.73. The lowest BCUT2D eigenvalue weighted by Crippen LogP contribution is -2.16. The van der Waals surface area contributed by atoms with Crippen LogP contribution in [0.4, 0.5) is 0 Å². The third kappa shape index (κ3) is 3.39. The molecule has 18 heavy (non-hydrogen) atoms. The fraction of sp³-hybridized carbons (Fsp3) is 0.500. The highest BCUT2D eigenvalue weighted by atomic mass is 35.5. The second-order valence-electron chi connectivity index (χ2n) is 4.74. The molecule has 2 nitrogen and oxygen atoms in total. The van der Waals surface area contributed by atoms with Gasteiger partial charge in [-0.3, -0.25) is 4.79 Å². The van der Waals surface area contributed by atoms with E-state index in [4.69, 9.17) is 27.9 Å². The summed E-state index contributed by atoms with van der Waals surface area (Å²) in [5.74, 6) is 1.03. The van der Waals surface area contributed by atoms with Crippen LogP contribution >= 0.6 is 23.2 Å². The van der Waals surface area contributed by atoms with E-state index in [1.807, 2.05) is 0 Å². The van der Waals surface area contributed by atoms with Gasteiger partial charge in [-0.1, -0.05) is 42.5 Å². The fourth-order valence-electron chi connectivity index (χ4n) is 2.38. The lowest BCUT2D eigenvalue weighted by atomic mass is 9.90. The Bertz CT molecular complexity index is 426. The summed E-state index contributed by atoms with van der Waals surface area (Å²) in [4.78, 5) is 11.0. The molecular formula is C14H16Cl2O2. The molecule has 2 rings (SSSR count). The maximum Gasteiger partial charge on any atom is 0.153 e. The van der Waals surface area contributed by atoms with Crippen LogP contribution in [0.1, 0.15) is 42.5 Å². The van der Waals surface area contributed by atoms with Gasteiger partial charge in [-0.05, 0) is 30.9 Å². The minimum atomic E-state index is 0.403. The predicted octanol–water partition coefficient (Wildman–Crippen LogP) is 4.77. The Kier molecular flexibility index (Phi) is 4.90. The minimum Gasteiger partial charge on any atom is -0.491 e. The van der Waals surface area contributed by atoms with Crippen molar-refractivity contribution in [1.82, 2.24) is 0 Å². The van der Waals surface area contributed by atoms with Gasteiger partial charge in [0.05, 0.1) is 17.2 Å². The van der Waals surface area contributed by atoms with Gasteiger partial charge in [0.15, 0.2) is 6.29 Å². The van der Waals surface area contributed by atoms with E-state index in [-0.39, 0.29) is 0 Å². The SMILES string of the molecule is O=Cc1cc(Cl)cc(Cl)c1OCC1CCCCC1. The Labute approximate surface area is 117 Å². The van der Waals surface area contributed by atoms with E-state index in [0.717, 1.165) is 6.29 Å². The van der Waals surface area contributed by atoms with Gasteiger partial charge in [0.2, 0.25) is 0 Å². The first-order valence-electron chi connectivity index (χ1n) is 6.27. The van der Waals surface area contributed by atoms with Crippen molar-refractivity contribution in [3.8, 4) is 5.75 Å². The van der Waals surface area contributed by atoms with Crippen molar-refractivity contribution >= 4 is 29.5 Å². The number of carbonyl (C=O) groups is 1. The molecule has 0 amide bonds. The molecule has 1 aromatic carbocycles. The molecule has 4 heteroatoms. The number of ether oxygens (including phenoxy) is 1. The molecule has 0 unspecified atom stereocenters. The van der Waals surface area contributed by atoms with Gasteiger partial charge in [0.25, 0.3) is 0 Å². The summed E-state index contributed by atoms with van der Waals surface area (Å²) in [5.41, 5.74) is 0.420. The first-order valence-corrected chi connectivity index (χ1v) is 7.03. The van der Waals surface area contributed by atoms with Crippen molar-refractivity contribution in [3.63, 3.8) is 0 Å². The Morgan fingerprint density at radius 3 is 2.61 bits per heavy atom. The maximum atomic E-state index is 11.0. The quantitative estimate of drug-likeness (QED) is 0.746. The molecule has 0 N–H and O–H groups in total. The van der Waals surface area contributed by atoms with E-state index >= 15 is 0 Å². The van der Waals surface area contributed by atoms with E-state index in [2.05, 4.69) is 0 Å². The number of hydrogen-bond acceptors (Lipinski definition) is 2. The average molecular weight is 287 g/mol. The van der Waals surface area contributed by atoms with Crippen molar-refractivity contribution in [2.45, 2.75) is 32.1 Å². The molecule has 1 aromatic rings. The zero-order valence-electron chi connectivity index (χ0n) is 10.1. The zero-order chi connectivity index (χ0) is 13.0. The van der Waals surface area contributed by atoms with Crippen LogP contribution in [-0.4, -0.2) is 12.9 Å². The summed E-state index contributed by atoms with van der Waals surface area (Å²) in [6.45, 7) is 0.627. The molecule has 1 aliphatic carbocycles. The van der Waals surface area contributed by atoms with Crippen molar-refractivity contribution in [1.29, 1.82) is 0 Å². The smallest absolute Gasteiger partial charge is 0.153 e. The molecule has 0 heterocycles. The van der Waals surface area contributed by atoms with Gasteiger partial charge in [0, 0.05) is 5.02 Å². The highest BCUT2D eigenvalue weighted by Crippen LogP contribution is 2.33. The van der Waals surface area contributed by atoms with E-state index in [1.54, 1.807) is 12.1 Å². The van der Waals surface area contributed by atoms with Crippen LogP contribution in [-0.2, 0) is 0 Å². The van der Waals surface area contributed by atoms with Crippen molar-refractivity contribution in [2.24, 2.45) is 5.92 Å². The Balaban J connectivity index is 2.05. The number of aldehydes is 1. The van der Waals surface area contributed by atoms with Crippen LogP contribution < -0.4 is 4.74 Å². The van der Waals surface area contributed by atoms with Crippen LogP contribution in [0.2, 0.25) is 10.0 Å². The largest absolute Gasteiger partial charge is 0.491 e. The standard InChI is InChI=1S/C14H16Cl2O2/c15-12-6-11(8-17)14(13(16)7-12)18-9-10-4-2-1-3-5-10/h6-8,10H,1-5,9H2. The molecule has 0 atom stereocenters. The fourth-order valence-corrected chi connectivity index (χ4v) is 2.94. The van der Waals surface area contributed by atoms with Gasteiger partial charge in [-0.25, -0.2) is 0 Å². The minimum absolute atomic E-state index is 0.403. The van der Waals surface area contributed by atoms with Crippen LogP contribution in [0.25, 0.3) is 0 Å². The molecule has 0 aliphatic heterocycles. The van der Waals surface area contributed by atoms with Crippen molar-refractivity contribution < 1.29 is 9.53 Å². The summed E-state index contributed by atoms with van der Waals surface area (Å²) in [7, 11) is 0. The van der Waals surface area contributed by atoms with Crippen LogP contribution in [0.15, 0.2) is 12.1 Å². The second-order valence-corrected chi connectivity index (χ2v) is 5.58. The Morgan fingerprint density at radius 2 is 1.94 bits per heavy atom. The van der Waals surface area contributed by atoms with Crippen LogP contribution in [0.3, 0.4) is 0 Å². The first-order chi connectivity index (χ1) is 8.70. The van der Waals surface area contributed by atoms with E-state index in [9.17, 15) is 4.79 Å². The molecule has 1 fully saturated rings. The Hall–Kier alpha value is -0.730.